The molecule has 0 unspecified atom stereocenters. The maximum atomic E-state index is 12.9. The van der Waals surface area contributed by atoms with Crippen molar-refractivity contribution >= 4 is 27.3 Å². The number of benzene rings is 2. The van der Waals surface area contributed by atoms with E-state index in [-0.39, 0.29) is 22.6 Å². The number of nitrogens with one attached hydrogen (secondary N) is 1. The van der Waals surface area contributed by atoms with Crippen LogP contribution in [-0.4, -0.2) is 23.8 Å². The minimum absolute atomic E-state index is 0.0277. The Hall–Kier alpha value is -3.98. The van der Waals surface area contributed by atoms with Gasteiger partial charge in [-0.3, -0.25) is 13.9 Å². The largest absolute Gasteiger partial charge is 0.456 e. The summed E-state index contributed by atoms with van der Waals surface area (Å²) in [5.74, 6) is -0.724. The molecule has 1 N–H and O–H groups in total. The number of aromatic nitrogens is 2. The zero-order valence-electron chi connectivity index (χ0n) is 18.9. The lowest BCUT2D eigenvalue weighted by molar-refractivity contribution is 0.0467. The van der Waals surface area contributed by atoms with Crippen molar-refractivity contribution in [2.75, 3.05) is 4.72 Å². The molecular weight excluding hydrogens is 454 g/mol. The van der Waals surface area contributed by atoms with Crippen LogP contribution in [0, 0.1) is 20.8 Å². The molecule has 34 heavy (non-hydrogen) atoms. The van der Waals surface area contributed by atoms with Gasteiger partial charge in [-0.2, -0.15) is 0 Å². The normalized spacial score (nSPS) is 11.4. The first-order valence-electron chi connectivity index (χ1n) is 10.5. The minimum atomic E-state index is -3.93. The van der Waals surface area contributed by atoms with Gasteiger partial charge in [0, 0.05) is 18.0 Å². The quantitative estimate of drug-likeness (QED) is 0.424. The van der Waals surface area contributed by atoms with Crippen molar-refractivity contribution < 1.29 is 17.9 Å². The summed E-state index contributed by atoms with van der Waals surface area (Å²) in [6.45, 7) is 5.21. The molecule has 0 radical (unpaired) electrons. The maximum Gasteiger partial charge on any atom is 0.338 e. The summed E-state index contributed by atoms with van der Waals surface area (Å²) in [7, 11) is -3.93. The highest BCUT2D eigenvalue weighted by atomic mass is 32.2. The van der Waals surface area contributed by atoms with Gasteiger partial charge in [0.2, 0.25) is 0 Å². The van der Waals surface area contributed by atoms with Crippen molar-refractivity contribution in [1.82, 2.24) is 9.38 Å². The lowest BCUT2D eigenvalue weighted by Crippen LogP contribution is -2.17. The highest BCUT2D eigenvalue weighted by molar-refractivity contribution is 7.92. The standard InChI is InChI=1S/C25H23N3O5S/c1-16-4-8-20(9-5-16)27-34(31,32)22-13-19(7-6-18(22)3)25(30)33-15-21-14-24(29)28-11-10-17(2)12-23(28)26-21/h4-14,27H,15H2,1-3H3. The molecular formula is C25H23N3O5S. The molecule has 0 saturated carbocycles. The van der Waals surface area contributed by atoms with Gasteiger partial charge in [0.15, 0.2) is 0 Å². The monoisotopic (exact) mass is 477 g/mol. The van der Waals surface area contributed by atoms with Crippen LogP contribution < -0.4 is 10.3 Å². The Balaban J connectivity index is 1.54. The molecule has 4 aromatic rings. The molecule has 0 aliphatic heterocycles. The number of nitrogens with zero attached hydrogens (tertiary/aromatic N) is 2. The number of pyridine rings is 1. The first-order chi connectivity index (χ1) is 16.1. The van der Waals surface area contributed by atoms with E-state index in [0.29, 0.717) is 22.6 Å². The number of hydrogen-bond acceptors (Lipinski definition) is 6. The van der Waals surface area contributed by atoms with Crippen LogP contribution in [0.4, 0.5) is 5.69 Å². The molecule has 2 heterocycles. The van der Waals surface area contributed by atoms with Crippen LogP contribution in [0.5, 0.6) is 0 Å². The van der Waals surface area contributed by atoms with Gasteiger partial charge in [0.25, 0.3) is 15.6 Å². The van der Waals surface area contributed by atoms with Gasteiger partial charge in [-0.25, -0.2) is 18.2 Å². The molecule has 2 aromatic carbocycles. The Kier molecular flexibility index (Phi) is 6.21. The molecule has 0 saturated heterocycles. The van der Waals surface area contributed by atoms with E-state index in [9.17, 15) is 18.0 Å². The van der Waals surface area contributed by atoms with Crippen LogP contribution >= 0.6 is 0 Å². The second-order valence-corrected chi connectivity index (χ2v) is 9.70. The highest BCUT2D eigenvalue weighted by Gasteiger charge is 2.20. The van der Waals surface area contributed by atoms with Gasteiger partial charge < -0.3 is 4.74 Å². The van der Waals surface area contributed by atoms with Crippen LogP contribution in [0.3, 0.4) is 0 Å². The molecule has 8 nitrogen and oxygen atoms in total. The lowest BCUT2D eigenvalue weighted by Gasteiger charge is -2.12. The number of ether oxygens (including phenoxy) is 1. The van der Waals surface area contributed by atoms with E-state index in [0.717, 1.165) is 11.1 Å². The van der Waals surface area contributed by atoms with E-state index in [1.165, 1.54) is 22.6 Å². The van der Waals surface area contributed by atoms with E-state index in [1.54, 1.807) is 55.6 Å². The van der Waals surface area contributed by atoms with Crippen molar-refractivity contribution in [3.8, 4) is 0 Å². The van der Waals surface area contributed by atoms with Crippen LogP contribution in [-0.2, 0) is 21.4 Å². The number of hydrogen-bond donors (Lipinski definition) is 1. The number of anilines is 1. The third kappa shape index (κ3) is 4.99. The maximum absolute atomic E-state index is 12.9. The van der Waals surface area contributed by atoms with E-state index in [2.05, 4.69) is 9.71 Å². The van der Waals surface area contributed by atoms with Gasteiger partial charge in [-0.1, -0.05) is 23.8 Å². The van der Waals surface area contributed by atoms with Gasteiger partial charge in [-0.15, -0.1) is 0 Å². The second kappa shape index (κ2) is 9.11. The molecule has 174 valence electrons. The Bertz CT molecular complexity index is 1560. The fraction of sp³-hybridized carbons (Fsp3) is 0.160. The zero-order valence-corrected chi connectivity index (χ0v) is 19.7. The number of rotatable bonds is 6. The van der Waals surface area contributed by atoms with Crippen molar-refractivity contribution in [3.63, 3.8) is 0 Å². The molecule has 0 aliphatic carbocycles. The Morgan fingerprint density at radius 1 is 0.971 bits per heavy atom. The number of sulfonamides is 1. The molecule has 0 fully saturated rings. The average Bonchev–Trinajstić information content (AvgIpc) is 2.78. The average molecular weight is 478 g/mol. The summed E-state index contributed by atoms with van der Waals surface area (Å²) in [6.07, 6.45) is 1.63. The van der Waals surface area contributed by atoms with Gasteiger partial charge in [-0.05, 0) is 68.3 Å². The number of aryl methyl sites for hydroxylation is 3. The topological polar surface area (TPSA) is 107 Å². The van der Waals surface area contributed by atoms with Crippen molar-refractivity contribution in [3.05, 3.63) is 105 Å². The van der Waals surface area contributed by atoms with Crippen LogP contribution in [0.1, 0.15) is 32.7 Å². The molecule has 0 aliphatic rings. The van der Waals surface area contributed by atoms with Crippen molar-refractivity contribution in [1.29, 1.82) is 0 Å². The molecule has 0 atom stereocenters. The molecule has 4 rings (SSSR count). The summed E-state index contributed by atoms with van der Waals surface area (Å²) in [6, 6.07) is 16.1. The lowest BCUT2D eigenvalue weighted by atomic mass is 10.1. The van der Waals surface area contributed by atoms with Crippen molar-refractivity contribution in [2.24, 2.45) is 0 Å². The number of esters is 1. The second-order valence-electron chi connectivity index (χ2n) is 8.05. The predicted octanol–water partition coefficient (Wildman–Crippen LogP) is 3.78. The summed E-state index contributed by atoms with van der Waals surface area (Å²) in [5, 5.41) is 0. The molecule has 0 bridgehead atoms. The molecule has 9 heteroatoms. The van der Waals surface area contributed by atoms with Gasteiger partial charge in [0.1, 0.15) is 12.3 Å². The fourth-order valence-electron chi connectivity index (χ4n) is 3.40. The fourth-order valence-corrected chi connectivity index (χ4v) is 4.73. The minimum Gasteiger partial charge on any atom is -0.456 e. The van der Waals surface area contributed by atoms with E-state index in [1.807, 2.05) is 13.8 Å². The summed E-state index contributed by atoms with van der Waals surface area (Å²) in [5.41, 5.74) is 3.37. The summed E-state index contributed by atoms with van der Waals surface area (Å²) in [4.78, 5) is 29.3. The number of carbonyl (C=O) groups is 1. The first kappa shape index (κ1) is 23.2. The Morgan fingerprint density at radius 3 is 2.44 bits per heavy atom. The van der Waals surface area contributed by atoms with Gasteiger partial charge in [0.05, 0.1) is 16.2 Å². The van der Waals surface area contributed by atoms with Gasteiger partial charge >= 0.3 is 5.97 Å². The van der Waals surface area contributed by atoms with E-state index < -0.39 is 16.0 Å². The summed E-state index contributed by atoms with van der Waals surface area (Å²) >= 11 is 0. The first-order valence-corrected chi connectivity index (χ1v) is 12.0. The predicted molar refractivity (Wildman–Crippen MR) is 128 cm³/mol. The van der Waals surface area contributed by atoms with E-state index in [4.69, 9.17) is 4.74 Å². The molecule has 0 spiro atoms. The molecule has 2 aromatic heterocycles. The van der Waals surface area contributed by atoms with Crippen LogP contribution in [0.25, 0.3) is 5.65 Å². The summed E-state index contributed by atoms with van der Waals surface area (Å²) < 4.78 is 35.1. The Labute approximate surface area is 196 Å². The zero-order chi connectivity index (χ0) is 24.5. The Morgan fingerprint density at radius 2 is 1.71 bits per heavy atom. The van der Waals surface area contributed by atoms with Crippen LogP contribution in [0.2, 0.25) is 0 Å². The van der Waals surface area contributed by atoms with Crippen LogP contribution in [0.15, 0.2) is 76.6 Å². The van der Waals surface area contributed by atoms with Crippen molar-refractivity contribution in [2.45, 2.75) is 32.3 Å². The molecule has 0 amide bonds. The third-order valence-corrected chi connectivity index (χ3v) is 6.77. The SMILES string of the molecule is Cc1ccc(NS(=O)(=O)c2cc(C(=O)OCc3cc(=O)n4ccc(C)cc4n3)ccc2C)cc1. The third-order valence-electron chi connectivity index (χ3n) is 5.24. The number of carbonyl (C=O) groups excluding carboxylic acids is 1. The highest BCUT2D eigenvalue weighted by Crippen LogP contribution is 2.22. The van der Waals surface area contributed by atoms with E-state index >= 15 is 0 Å². The smallest absolute Gasteiger partial charge is 0.338 e. The number of fused-ring (bicyclic) bond motifs is 1.